The lowest BCUT2D eigenvalue weighted by Crippen LogP contribution is -2.11. The van der Waals surface area contributed by atoms with Gasteiger partial charge in [0.15, 0.2) is 5.16 Å². The second-order valence-corrected chi connectivity index (χ2v) is 9.48. The fourth-order valence-electron chi connectivity index (χ4n) is 2.97. The standard InChI is InChI=1S/C21H20Br2N4O4S/c1-4-9-31-20-17(22)10-14(11-18(20)23)19(12-26(28)29)32-21-25-24-13(2)27(21)15-5-7-16(30-3)8-6-15/h4-8,10-11,19H,1,9,12H2,2-3H3/t19-/m0/s1. The van der Waals surface area contributed by atoms with Gasteiger partial charge in [-0.05, 0) is 80.7 Å². The largest absolute Gasteiger partial charge is 0.497 e. The van der Waals surface area contributed by atoms with Crippen LogP contribution in [0.25, 0.3) is 5.69 Å². The molecule has 1 atom stereocenters. The third kappa shape index (κ3) is 5.70. The van der Waals surface area contributed by atoms with Crippen molar-refractivity contribution in [1.82, 2.24) is 14.8 Å². The molecule has 0 aliphatic carbocycles. The van der Waals surface area contributed by atoms with Gasteiger partial charge < -0.3 is 9.47 Å². The Morgan fingerprint density at radius 1 is 1.25 bits per heavy atom. The number of aryl methyl sites for hydroxylation is 1. The molecule has 0 saturated carbocycles. The predicted octanol–water partition coefficient (Wildman–Crippen LogP) is 5.78. The second-order valence-electron chi connectivity index (χ2n) is 6.60. The number of aromatic nitrogens is 3. The van der Waals surface area contributed by atoms with Crippen LogP contribution in [0, 0.1) is 17.0 Å². The van der Waals surface area contributed by atoms with Gasteiger partial charge in [-0.3, -0.25) is 14.7 Å². The summed E-state index contributed by atoms with van der Waals surface area (Å²) in [6.07, 6.45) is 1.65. The minimum atomic E-state index is -0.508. The van der Waals surface area contributed by atoms with Gasteiger partial charge in [-0.2, -0.15) is 0 Å². The van der Waals surface area contributed by atoms with E-state index in [9.17, 15) is 10.1 Å². The molecule has 0 fully saturated rings. The van der Waals surface area contributed by atoms with E-state index in [2.05, 4.69) is 48.6 Å². The third-order valence-electron chi connectivity index (χ3n) is 4.43. The average Bonchev–Trinajstić information content (AvgIpc) is 3.12. The van der Waals surface area contributed by atoms with E-state index in [4.69, 9.17) is 9.47 Å². The summed E-state index contributed by atoms with van der Waals surface area (Å²) in [4.78, 5) is 11.1. The topological polar surface area (TPSA) is 92.3 Å². The zero-order chi connectivity index (χ0) is 23.3. The zero-order valence-electron chi connectivity index (χ0n) is 17.3. The van der Waals surface area contributed by atoms with Gasteiger partial charge in [0.2, 0.25) is 6.54 Å². The van der Waals surface area contributed by atoms with Crippen LogP contribution >= 0.6 is 43.6 Å². The highest BCUT2D eigenvalue weighted by atomic mass is 79.9. The van der Waals surface area contributed by atoms with Gasteiger partial charge >= 0.3 is 0 Å². The minimum absolute atomic E-state index is 0.287. The van der Waals surface area contributed by atoms with Gasteiger partial charge in [0.25, 0.3) is 0 Å². The molecule has 32 heavy (non-hydrogen) atoms. The molecule has 0 unspecified atom stereocenters. The molecule has 0 spiro atoms. The number of hydrogen-bond donors (Lipinski definition) is 0. The number of methoxy groups -OCH3 is 1. The maximum Gasteiger partial charge on any atom is 0.220 e. The van der Waals surface area contributed by atoms with Crippen molar-refractivity contribution < 1.29 is 14.4 Å². The van der Waals surface area contributed by atoms with Gasteiger partial charge in [0.05, 0.1) is 16.1 Å². The monoisotopic (exact) mass is 582 g/mol. The zero-order valence-corrected chi connectivity index (χ0v) is 21.3. The van der Waals surface area contributed by atoms with E-state index in [-0.39, 0.29) is 11.5 Å². The Labute approximate surface area is 206 Å². The molecule has 1 aromatic heterocycles. The third-order valence-corrected chi connectivity index (χ3v) is 6.79. The highest BCUT2D eigenvalue weighted by Gasteiger charge is 2.25. The SMILES string of the molecule is C=CCOc1c(Br)cc([C@H](C[N+](=O)[O-])Sc2nnc(C)n2-c2ccc(OC)cc2)cc1Br. The van der Waals surface area contributed by atoms with Crippen LogP contribution in [0.5, 0.6) is 11.5 Å². The summed E-state index contributed by atoms with van der Waals surface area (Å²) in [5, 5.41) is 20.0. The van der Waals surface area contributed by atoms with Crippen molar-refractivity contribution in [3.05, 3.63) is 79.5 Å². The maximum atomic E-state index is 11.5. The summed E-state index contributed by atoms with van der Waals surface area (Å²) in [5.41, 5.74) is 1.59. The van der Waals surface area contributed by atoms with Crippen molar-refractivity contribution in [3.63, 3.8) is 0 Å². The maximum absolute atomic E-state index is 11.5. The molecule has 1 heterocycles. The van der Waals surface area contributed by atoms with Crippen molar-refractivity contribution in [3.8, 4) is 17.2 Å². The Morgan fingerprint density at radius 3 is 2.47 bits per heavy atom. The molecule has 168 valence electrons. The number of nitrogens with zero attached hydrogens (tertiary/aromatic N) is 4. The summed E-state index contributed by atoms with van der Waals surface area (Å²) < 4.78 is 14.1. The number of ether oxygens (including phenoxy) is 2. The van der Waals surface area contributed by atoms with Crippen LogP contribution in [-0.2, 0) is 0 Å². The van der Waals surface area contributed by atoms with Crippen LogP contribution in [0.3, 0.4) is 0 Å². The minimum Gasteiger partial charge on any atom is -0.497 e. The fraction of sp³-hybridized carbons (Fsp3) is 0.238. The van der Waals surface area contributed by atoms with Crippen molar-refractivity contribution >= 4 is 43.6 Å². The fourth-order valence-corrected chi connectivity index (χ4v) is 5.57. The van der Waals surface area contributed by atoms with Gasteiger partial charge in [0, 0.05) is 10.6 Å². The van der Waals surface area contributed by atoms with E-state index in [1.807, 2.05) is 47.9 Å². The molecule has 0 N–H and O–H groups in total. The summed E-state index contributed by atoms with van der Waals surface area (Å²) in [5.74, 6) is 2.01. The molecule has 0 bridgehead atoms. The molecule has 11 heteroatoms. The smallest absolute Gasteiger partial charge is 0.220 e. The molecule has 0 aliphatic heterocycles. The van der Waals surface area contributed by atoms with E-state index < -0.39 is 5.25 Å². The molecule has 8 nitrogen and oxygen atoms in total. The van der Waals surface area contributed by atoms with Gasteiger partial charge in [0.1, 0.15) is 29.2 Å². The Bertz CT molecular complexity index is 1100. The van der Waals surface area contributed by atoms with Crippen LogP contribution in [-0.4, -0.2) is 39.9 Å². The average molecular weight is 584 g/mol. The first-order valence-corrected chi connectivity index (χ1v) is 11.9. The van der Waals surface area contributed by atoms with E-state index in [0.29, 0.717) is 32.3 Å². The summed E-state index contributed by atoms with van der Waals surface area (Å²) in [6.45, 7) is 5.54. The highest BCUT2D eigenvalue weighted by molar-refractivity contribution is 9.11. The van der Waals surface area contributed by atoms with Crippen molar-refractivity contribution in [2.45, 2.75) is 17.3 Å². The number of halogens is 2. The first-order valence-electron chi connectivity index (χ1n) is 9.41. The number of benzene rings is 2. The Hall–Kier alpha value is -2.37. The van der Waals surface area contributed by atoms with Crippen molar-refractivity contribution in [2.75, 3.05) is 20.3 Å². The van der Waals surface area contributed by atoms with Gasteiger partial charge in [-0.1, -0.05) is 24.4 Å². The van der Waals surface area contributed by atoms with Gasteiger partial charge in [-0.15, -0.1) is 10.2 Å². The molecular formula is C21H20Br2N4O4S. The number of nitro groups is 1. The lowest BCUT2D eigenvalue weighted by molar-refractivity contribution is -0.479. The van der Waals surface area contributed by atoms with E-state index in [0.717, 1.165) is 17.0 Å². The summed E-state index contributed by atoms with van der Waals surface area (Å²) in [7, 11) is 1.60. The Morgan fingerprint density at radius 2 is 1.91 bits per heavy atom. The molecule has 2 aromatic carbocycles. The first-order chi connectivity index (χ1) is 15.3. The van der Waals surface area contributed by atoms with Crippen molar-refractivity contribution in [1.29, 1.82) is 0 Å². The predicted molar refractivity (Wildman–Crippen MR) is 131 cm³/mol. The molecule has 3 aromatic rings. The van der Waals surface area contributed by atoms with Crippen LogP contribution in [0.1, 0.15) is 16.6 Å². The van der Waals surface area contributed by atoms with Crippen molar-refractivity contribution in [2.24, 2.45) is 0 Å². The van der Waals surface area contributed by atoms with E-state index in [1.165, 1.54) is 11.8 Å². The molecule has 0 saturated heterocycles. The van der Waals surface area contributed by atoms with Crippen LogP contribution in [0.15, 0.2) is 63.2 Å². The van der Waals surface area contributed by atoms with Crippen LogP contribution in [0.4, 0.5) is 0 Å². The van der Waals surface area contributed by atoms with Gasteiger partial charge in [-0.25, -0.2) is 0 Å². The normalized spacial score (nSPS) is 11.8. The van der Waals surface area contributed by atoms with Crippen LogP contribution < -0.4 is 9.47 Å². The lowest BCUT2D eigenvalue weighted by Gasteiger charge is -2.17. The molecule has 0 radical (unpaired) electrons. The lowest BCUT2D eigenvalue weighted by atomic mass is 10.1. The van der Waals surface area contributed by atoms with E-state index >= 15 is 0 Å². The summed E-state index contributed by atoms with van der Waals surface area (Å²) in [6, 6.07) is 11.1. The molecule has 0 amide bonds. The summed E-state index contributed by atoms with van der Waals surface area (Å²) >= 11 is 8.29. The molecular weight excluding hydrogens is 564 g/mol. The highest BCUT2D eigenvalue weighted by Crippen LogP contribution is 2.42. The number of thioether (sulfide) groups is 1. The molecule has 0 aliphatic rings. The van der Waals surface area contributed by atoms with E-state index in [1.54, 1.807) is 13.2 Å². The molecule has 3 rings (SSSR count). The quantitative estimate of drug-likeness (QED) is 0.129. The number of hydrogen-bond acceptors (Lipinski definition) is 7. The Balaban J connectivity index is 1.97. The first kappa shape index (κ1) is 24.3. The van der Waals surface area contributed by atoms with Crippen LogP contribution in [0.2, 0.25) is 0 Å². The number of rotatable bonds is 10. The second kappa shape index (κ2) is 11.0. The Kier molecular flexibility index (Phi) is 8.32.